The van der Waals surface area contributed by atoms with Crippen LogP contribution in [0.2, 0.25) is 0 Å². The van der Waals surface area contributed by atoms with Crippen molar-refractivity contribution in [3.63, 3.8) is 0 Å². The van der Waals surface area contributed by atoms with Crippen LogP contribution in [-0.2, 0) is 9.47 Å². The van der Waals surface area contributed by atoms with Gasteiger partial charge in [-0.15, -0.1) is 0 Å². The van der Waals surface area contributed by atoms with E-state index in [4.69, 9.17) is 9.47 Å². The van der Waals surface area contributed by atoms with Crippen LogP contribution >= 0.6 is 0 Å². The Morgan fingerprint density at radius 2 is 2.33 bits per heavy atom. The van der Waals surface area contributed by atoms with Gasteiger partial charge in [0.15, 0.2) is 0 Å². The van der Waals surface area contributed by atoms with Crippen LogP contribution in [0, 0.1) is 0 Å². The van der Waals surface area contributed by atoms with Crippen molar-refractivity contribution in [1.29, 1.82) is 0 Å². The highest BCUT2D eigenvalue weighted by Crippen LogP contribution is 2.21. The average Bonchev–Trinajstić information content (AvgIpc) is 2.75. The van der Waals surface area contributed by atoms with Crippen molar-refractivity contribution in [1.82, 2.24) is 5.32 Å². The second-order valence-corrected chi connectivity index (χ2v) is 4.43. The summed E-state index contributed by atoms with van der Waals surface area (Å²) in [6, 6.07) is 0.532. The minimum atomic E-state index is 0.355. The van der Waals surface area contributed by atoms with Crippen molar-refractivity contribution in [2.45, 2.75) is 50.4 Å². The third kappa shape index (κ3) is 2.95. The van der Waals surface area contributed by atoms with Crippen LogP contribution in [0.5, 0.6) is 0 Å². The zero-order valence-corrected chi connectivity index (χ0v) is 9.45. The van der Waals surface area contributed by atoms with Gasteiger partial charge in [-0.3, -0.25) is 0 Å². The van der Waals surface area contributed by atoms with Gasteiger partial charge >= 0.3 is 0 Å². The Bertz CT molecular complexity index is 218. The largest absolute Gasteiger partial charge is 0.497 e. The topological polar surface area (TPSA) is 30.5 Å². The number of allylic oxidation sites excluding steroid dienone is 1. The molecule has 0 spiro atoms. The predicted octanol–water partition coefficient (Wildman–Crippen LogP) is 1.84. The Hall–Kier alpha value is -0.540. The maximum atomic E-state index is 5.52. The molecular weight excluding hydrogens is 190 g/mol. The summed E-state index contributed by atoms with van der Waals surface area (Å²) in [6.45, 7) is 0.953. The van der Waals surface area contributed by atoms with Gasteiger partial charge in [0.2, 0.25) is 0 Å². The maximum absolute atomic E-state index is 5.52. The molecule has 15 heavy (non-hydrogen) atoms. The quantitative estimate of drug-likeness (QED) is 0.769. The summed E-state index contributed by atoms with van der Waals surface area (Å²) in [5.41, 5.74) is 0. The molecule has 0 bridgehead atoms. The summed E-state index contributed by atoms with van der Waals surface area (Å²) < 4.78 is 11.0. The third-order valence-electron chi connectivity index (χ3n) is 3.39. The molecule has 0 radical (unpaired) electrons. The van der Waals surface area contributed by atoms with Crippen LogP contribution in [0.3, 0.4) is 0 Å². The van der Waals surface area contributed by atoms with Gasteiger partial charge in [0.1, 0.15) is 6.10 Å². The van der Waals surface area contributed by atoms with Gasteiger partial charge in [0.25, 0.3) is 0 Å². The zero-order valence-electron chi connectivity index (χ0n) is 9.45. The average molecular weight is 211 g/mol. The van der Waals surface area contributed by atoms with Gasteiger partial charge in [-0.1, -0.05) is 0 Å². The zero-order chi connectivity index (χ0) is 10.5. The predicted molar refractivity (Wildman–Crippen MR) is 59.7 cm³/mol. The number of hydrogen-bond donors (Lipinski definition) is 1. The van der Waals surface area contributed by atoms with Crippen LogP contribution < -0.4 is 5.32 Å². The summed E-state index contributed by atoms with van der Waals surface area (Å²) in [7, 11) is 1.81. The van der Waals surface area contributed by atoms with Gasteiger partial charge in [-0.05, 0) is 38.2 Å². The highest BCUT2D eigenvalue weighted by atomic mass is 16.5. The van der Waals surface area contributed by atoms with Crippen molar-refractivity contribution in [3.8, 4) is 0 Å². The van der Waals surface area contributed by atoms with Crippen molar-refractivity contribution >= 4 is 0 Å². The summed E-state index contributed by atoms with van der Waals surface area (Å²) in [5.74, 6) is 0. The monoisotopic (exact) mass is 211 g/mol. The minimum Gasteiger partial charge on any atom is -0.497 e. The number of hydrogen-bond acceptors (Lipinski definition) is 3. The van der Waals surface area contributed by atoms with Gasteiger partial charge < -0.3 is 14.8 Å². The molecule has 2 aliphatic rings. The molecule has 1 N–H and O–H groups in total. The molecule has 3 nitrogen and oxygen atoms in total. The molecule has 3 unspecified atom stereocenters. The molecular formula is C12H21NO2. The molecule has 2 rings (SSSR count). The minimum absolute atomic E-state index is 0.355. The van der Waals surface area contributed by atoms with E-state index in [1.165, 1.54) is 19.3 Å². The third-order valence-corrected chi connectivity index (χ3v) is 3.39. The van der Waals surface area contributed by atoms with Gasteiger partial charge in [-0.2, -0.15) is 0 Å². The molecule has 1 aliphatic carbocycles. The Morgan fingerprint density at radius 1 is 1.40 bits per heavy atom. The van der Waals surface area contributed by atoms with E-state index in [1.54, 1.807) is 0 Å². The molecule has 86 valence electrons. The summed E-state index contributed by atoms with van der Waals surface area (Å²) in [5, 5.41) is 3.57. The van der Waals surface area contributed by atoms with Gasteiger partial charge in [0.05, 0.1) is 12.4 Å². The van der Waals surface area contributed by atoms with E-state index in [0.29, 0.717) is 18.2 Å². The van der Waals surface area contributed by atoms with E-state index in [0.717, 1.165) is 19.4 Å². The van der Waals surface area contributed by atoms with E-state index in [9.17, 15) is 0 Å². The Kier molecular flexibility index (Phi) is 4.03. The van der Waals surface area contributed by atoms with E-state index < -0.39 is 0 Å². The fraction of sp³-hybridized carbons (Fsp3) is 0.833. The van der Waals surface area contributed by atoms with Gasteiger partial charge in [-0.25, -0.2) is 0 Å². The molecule has 1 heterocycles. The number of nitrogens with one attached hydrogen (secondary N) is 1. The standard InChI is InChI=1S/C12H21NO2/c1-14-12-7-4-6-11(12)13-9-10-5-2-3-8-15-10/h3,8,10-13H,2,4-7,9H2,1H3. The highest BCUT2D eigenvalue weighted by molar-refractivity contribution is 4.87. The Labute approximate surface area is 91.8 Å². The Morgan fingerprint density at radius 3 is 3.07 bits per heavy atom. The van der Waals surface area contributed by atoms with E-state index in [1.807, 2.05) is 13.4 Å². The lowest BCUT2D eigenvalue weighted by molar-refractivity contribution is 0.0721. The van der Waals surface area contributed by atoms with Crippen molar-refractivity contribution in [2.24, 2.45) is 0 Å². The lowest BCUT2D eigenvalue weighted by atomic mass is 10.1. The van der Waals surface area contributed by atoms with Crippen LogP contribution in [0.25, 0.3) is 0 Å². The summed E-state index contributed by atoms with van der Waals surface area (Å²) in [6.07, 6.45) is 10.7. The summed E-state index contributed by atoms with van der Waals surface area (Å²) >= 11 is 0. The smallest absolute Gasteiger partial charge is 0.110 e. The molecule has 0 aromatic carbocycles. The van der Waals surface area contributed by atoms with Gasteiger partial charge in [0, 0.05) is 19.7 Å². The molecule has 0 saturated heterocycles. The van der Waals surface area contributed by atoms with Crippen LogP contribution in [0.15, 0.2) is 12.3 Å². The molecule has 3 heteroatoms. The molecule has 3 atom stereocenters. The lowest BCUT2D eigenvalue weighted by Gasteiger charge is -2.24. The molecule has 0 amide bonds. The first-order chi connectivity index (χ1) is 7.40. The molecule has 1 aliphatic heterocycles. The first-order valence-electron chi connectivity index (χ1n) is 5.97. The second-order valence-electron chi connectivity index (χ2n) is 4.43. The first kappa shape index (κ1) is 11.0. The molecule has 1 saturated carbocycles. The van der Waals surface area contributed by atoms with Crippen LogP contribution in [-0.4, -0.2) is 31.9 Å². The normalized spacial score (nSPS) is 35.4. The Balaban J connectivity index is 1.70. The van der Waals surface area contributed by atoms with Crippen molar-refractivity contribution < 1.29 is 9.47 Å². The highest BCUT2D eigenvalue weighted by Gasteiger charge is 2.27. The van der Waals surface area contributed by atoms with E-state index >= 15 is 0 Å². The van der Waals surface area contributed by atoms with Crippen molar-refractivity contribution in [2.75, 3.05) is 13.7 Å². The fourth-order valence-corrected chi connectivity index (χ4v) is 2.46. The lowest BCUT2D eigenvalue weighted by Crippen LogP contribution is -2.41. The SMILES string of the molecule is COC1CCCC1NCC1CCC=CO1. The van der Waals surface area contributed by atoms with Crippen molar-refractivity contribution in [3.05, 3.63) is 12.3 Å². The van der Waals surface area contributed by atoms with E-state index in [2.05, 4.69) is 11.4 Å². The number of rotatable bonds is 4. The van der Waals surface area contributed by atoms with Crippen LogP contribution in [0.4, 0.5) is 0 Å². The fourth-order valence-electron chi connectivity index (χ4n) is 2.46. The maximum Gasteiger partial charge on any atom is 0.110 e. The number of ether oxygens (including phenoxy) is 2. The van der Waals surface area contributed by atoms with E-state index in [-0.39, 0.29) is 0 Å². The van der Waals surface area contributed by atoms with Crippen LogP contribution in [0.1, 0.15) is 32.1 Å². The second kappa shape index (κ2) is 5.52. The number of methoxy groups -OCH3 is 1. The molecule has 1 fully saturated rings. The molecule has 0 aromatic rings. The molecule has 0 aromatic heterocycles. The summed E-state index contributed by atoms with van der Waals surface area (Å²) in [4.78, 5) is 0. The first-order valence-corrected chi connectivity index (χ1v) is 5.97.